The summed E-state index contributed by atoms with van der Waals surface area (Å²) in [7, 11) is 3.79. The molecule has 1 heterocycles. The Hall–Kier alpha value is -0.970. The summed E-state index contributed by atoms with van der Waals surface area (Å²) in [6.45, 7) is 4.27. The number of methoxy groups -OCH3 is 1. The molecule has 1 atom stereocenters. The van der Waals surface area contributed by atoms with Crippen LogP contribution in [0.4, 0.5) is 0 Å². The van der Waals surface area contributed by atoms with Crippen LogP contribution in [0.25, 0.3) is 0 Å². The highest BCUT2D eigenvalue weighted by atomic mass is 16.5. The van der Waals surface area contributed by atoms with E-state index < -0.39 is 0 Å². The summed E-state index contributed by atoms with van der Waals surface area (Å²) >= 11 is 0. The second kappa shape index (κ2) is 6.69. The molecule has 0 saturated carbocycles. The number of nitrogens with zero attached hydrogens (tertiary/aromatic N) is 2. The van der Waals surface area contributed by atoms with Crippen LogP contribution in [-0.4, -0.2) is 49.3 Å². The van der Waals surface area contributed by atoms with Gasteiger partial charge in [-0.2, -0.15) is 0 Å². The first-order valence-corrected chi connectivity index (χ1v) is 5.92. The van der Waals surface area contributed by atoms with Crippen LogP contribution in [-0.2, 0) is 11.2 Å². The van der Waals surface area contributed by atoms with Crippen LogP contribution in [0.1, 0.15) is 12.6 Å². The number of nitrogens with two attached hydrogens (primary N) is 1. The maximum Gasteiger partial charge on any atom is 0.0656 e. The van der Waals surface area contributed by atoms with E-state index in [1.54, 1.807) is 7.11 Å². The maximum atomic E-state index is 5.83. The smallest absolute Gasteiger partial charge is 0.0656 e. The lowest BCUT2D eigenvalue weighted by molar-refractivity contribution is 0.0442. The predicted octanol–water partition coefficient (Wildman–Crippen LogP) is 0.920. The van der Waals surface area contributed by atoms with Crippen molar-refractivity contribution in [2.75, 3.05) is 33.9 Å². The van der Waals surface area contributed by atoms with Crippen LogP contribution in [0, 0.1) is 0 Å². The number of likely N-dealkylation sites (N-methyl/N-ethyl adjacent to an activating group) is 1. The van der Waals surface area contributed by atoms with Crippen molar-refractivity contribution in [2.24, 2.45) is 5.73 Å². The average Bonchev–Trinajstić information content (AvgIpc) is 2.37. The fourth-order valence-electron chi connectivity index (χ4n) is 1.73. The van der Waals surface area contributed by atoms with Gasteiger partial charge in [0.15, 0.2) is 0 Å². The third kappa shape index (κ3) is 4.07. The van der Waals surface area contributed by atoms with Crippen molar-refractivity contribution in [1.82, 2.24) is 9.88 Å². The molecule has 0 aliphatic carbocycles. The summed E-state index contributed by atoms with van der Waals surface area (Å²) in [6, 6.07) is 5.99. The highest BCUT2D eigenvalue weighted by Crippen LogP contribution is 2.12. The van der Waals surface area contributed by atoms with Crippen molar-refractivity contribution < 1.29 is 4.74 Å². The van der Waals surface area contributed by atoms with E-state index in [9.17, 15) is 0 Å². The van der Waals surface area contributed by atoms with Gasteiger partial charge in [0, 0.05) is 38.5 Å². The van der Waals surface area contributed by atoms with Gasteiger partial charge in [-0.05, 0) is 26.1 Å². The minimum Gasteiger partial charge on any atom is -0.383 e. The van der Waals surface area contributed by atoms with Gasteiger partial charge in [0.1, 0.15) is 0 Å². The van der Waals surface area contributed by atoms with Crippen molar-refractivity contribution in [1.29, 1.82) is 0 Å². The second-order valence-electron chi connectivity index (χ2n) is 4.63. The molecule has 0 aromatic carbocycles. The monoisotopic (exact) mass is 237 g/mol. The molecule has 1 aromatic heterocycles. The number of hydrogen-bond donors (Lipinski definition) is 1. The SMILES string of the molecule is COCC(C)(CN)N(C)CCc1ccccn1. The third-order valence-corrected chi connectivity index (χ3v) is 3.25. The zero-order chi connectivity index (χ0) is 12.7. The third-order valence-electron chi connectivity index (χ3n) is 3.25. The van der Waals surface area contributed by atoms with Gasteiger partial charge in [-0.25, -0.2) is 0 Å². The van der Waals surface area contributed by atoms with Crippen LogP contribution in [0.3, 0.4) is 0 Å². The Morgan fingerprint density at radius 2 is 2.24 bits per heavy atom. The molecule has 1 aromatic rings. The molecule has 1 rings (SSSR count). The summed E-state index contributed by atoms with van der Waals surface area (Å²) in [5.74, 6) is 0. The van der Waals surface area contributed by atoms with Gasteiger partial charge in [0.2, 0.25) is 0 Å². The number of aromatic nitrogens is 1. The van der Waals surface area contributed by atoms with Gasteiger partial charge < -0.3 is 10.5 Å². The molecule has 4 nitrogen and oxygen atoms in total. The molecule has 96 valence electrons. The zero-order valence-electron chi connectivity index (χ0n) is 11.0. The number of ether oxygens (including phenoxy) is 1. The Kier molecular flexibility index (Phi) is 5.55. The Labute approximate surface area is 104 Å². The summed E-state index contributed by atoms with van der Waals surface area (Å²) in [5, 5.41) is 0. The second-order valence-corrected chi connectivity index (χ2v) is 4.63. The molecule has 0 spiro atoms. The van der Waals surface area contributed by atoms with E-state index >= 15 is 0 Å². The maximum absolute atomic E-state index is 5.83. The van der Waals surface area contributed by atoms with Crippen molar-refractivity contribution >= 4 is 0 Å². The fourth-order valence-corrected chi connectivity index (χ4v) is 1.73. The van der Waals surface area contributed by atoms with Crippen molar-refractivity contribution in [3.05, 3.63) is 30.1 Å². The Bertz CT molecular complexity index is 318. The summed E-state index contributed by atoms with van der Waals surface area (Å²) in [6.07, 6.45) is 2.75. The highest BCUT2D eigenvalue weighted by Gasteiger charge is 2.27. The molecule has 0 bridgehead atoms. The Morgan fingerprint density at radius 3 is 2.76 bits per heavy atom. The predicted molar refractivity (Wildman–Crippen MR) is 69.9 cm³/mol. The molecule has 2 N–H and O–H groups in total. The lowest BCUT2D eigenvalue weighted by Crippen LogP contribution is -2.53. The molecule has 0 fully saturated rings. The van der Waals surface area contributed by atoms with E-state index in [0.29, 0.717) is 13.2 Å². The van der Waals surface area contributed by atoms with E-state index in [-0.39, 0.29) is 5.54 Å². The van der Waals surface area contributed by atoms with E-state index in [4.69, 9.17) is 10.5 Å². The van der Waals surface area contributed by atoms with Crippen LogP contribution < -0.4 is 5.73 Å². The van der Waals surface area contributed by atoms with Gasteiger partial charge in [-0.1, -0.05) is 6.07 Å². The average molecular weight is 237 g/mol. The van der Waals surface area contributed by atoms with Crippen LogP contribution >= 0.6 is 0 Å². The minimum absolute atomic E-state index is 0.108. The molecular weight excluding hydrogens is 214 g/mol. The number of hydrogen-bond acceptors (Lipinski definition) is 4. The number of rotatable bonds is 7. The lowest BCUT2D eigenvalue weighted by atomic mass is 10.0. The van der Waals surface area contributed by atoms with E-state index in [1.165, 1.54) is 0 Å². The zero-order valence-corrected chi connectivity index (χ0v) is 11.0. The standard InChI is InChI=1S/C13H23N3O/c1-13(10-14,11-17-3)16(2)9-7-12-6-4-5-8-15-12/h4-6,8H,7,9-11,14H2,1-3H3. The van der Waals surface area contributed by atoms with Crippen LogP contribution in [0.15, 0.2) is 24.4 Å². The Balaban J connectivity index is 2.50. The summed E-state index contributed by atoms with van der Waals surface area (Å²) < 4.78 is 5.23. The minimum atomic E-state index is -0.108. The van der Waals surface area contributed by atoms with Gasteiger partial charge in [0.05, 0.1) is 12.1 Å². The van der Waals surface area contributed by atoms with E-state index in [1.807, 2.05) is 24.4 Å². The van der Waals surface area contributed by atoms with Crippen molar-refractivity contribution in [3.8, 4) is 0 Å². The number of pyridine rings is 1. The molecule has 4 heteroatoms. The summed E-state index contributed by atoms with van der Waals surface area (Å²) in [4.78, 5) is 6.56. The fraction of sp³-hybridized carbons (Fsp3) is 0.615. The van der Waals surface area contributed by atoms with Gasteiger partial charge >= 0.3 is 0 Å². The van der Waals surface area contributed by atoms with E-state index in [2.05, 4.69) is 23.9 Å². The first-order chi connectivity index (χ1) is 8.12. The van der Waals surface area contributed by atoms with E-state index in [0.717, 1.165) is 18.7 Å². The van der Waals surface area contributed by atoms with Crippen LogP contribution in [0.5, 0.6) is 0 Å². The summed E-state index contributed by atoms with van der Waals surface area (Å²) in [5.41, 5.74) is 6.83. The van der Waals surface area contributed by atoms with Crippen molar-refractivity contribution in [3.63, 3.8) is 0 Å². The molecule has 0 saturated heterocycles. The molecule has 17 heavy (non-hydrogen) atoms. The largest absolute Gasteiger partial charge is 0.383 e. The molecular formula is C13H23N3O. The molecule has 1 unspecified atom stereocenters. The molecule has 0 radical (unpaired) electrons. The van der Waals surface area contributed by atoms with Crippen molar-refractivity contribution in [2.45, 2.75) is 18.9 Å². The van der Waals surface area contributed by atoms with Crippen LogP contribution in [0.2, 0.25) is 0 Å². The first kappa shape index (κ1) is 14.1. The lowest BCUT2D eigenvalue weighted by Gasteiger charge is -2.37. The van der Waals surface area contributed by atoms with Gasteiger partial charge in [-0.15, -0.1) is 0 Å². The van der Waals surface area contributed by atoms with Gasteiger partial charge in [0.25, 0.3) is 0 Å². The highest BCUT2D eigenvalue weighted by molar-refractivity contribution is 5.04. The first-order valence-electron chi connectivity index (χ1n) is 5.92. The molecule has 0 aliphatic rings. The Morgan fingerprint density at radius 1 is 1.47 bits per heavy atom. The topological polar surface area (TPSA) is 51.4 Å². The molecule has 0 aliphatic heterocycles. The normalized spacial score (nSPS) is 14.9. The quantitative estimate of drug-likeness (QED) is 0.766. The van der Waals surface area contributed by atoms with Gasteiger partial charge in [-0.3, -0.25) is 9.88 Å². The molecule has 0 amide bonds.